The van der Waals surface area contributed by atoms with Crippen LogP contribution < -0.4 is 5.32 Å². The van der Waals surface area contributed by atoms with Crippen molar-refractivity contribution < 1.29 is 14.6 Å². The number of aliphatic hydroxyl groups excluding tert-OH is 1. The topological polar surface area (TPSA) is 58.6 Å². The highest BCUT2D eigenvalue weighted by Crippen LogP contribution is 2.18. The molecule has 1 saturated heterocycles. The second kappa shape index (κ2) is 4.58. The molecular formula is C9H17NO3. The van der Waals surface area contributed by atoms with Crippen LogP contribution in [0.5, 0.6) is 0 Å². The van der Waals surface area contributed by atoms with Crippen LogP contribution in [0.2, 0.25) is 0 Å². The summed E-state index contributed by atoms with van der Waals surface area (Å²) < 4.78 is 4.87. The minimum Gasteiger partial charge on any atom is -0.466 e. The van der Waals surface area contributed by atoms with E-state index in [1.54, 1.807) is 6.92 Å². The largest absolute Gasteiger partial charge is 0.466 e. The number of hydrogen-bond donors (Lipinski definition) is 2. The van der Waals surface area contributed by atoms with Crippen LogP contribution in [0, 0.1) is 5.92 Å². The minimum atomic E-state index is -0.602. The Morgan fingerprint density at radius 1 is 1.69 bits per heavy atom. The van der Waals surface area contributed by atoms with Crippen LogP contribution in [0.1, 0.15) is 20.3 Å². The van der Waals surface area contributed by atoms with Crippen LogP contribution in [0.25, 0.3) is 0 Å². The fourth-order valence-corrected chi connectivity index (χ4v) is 1.59. The Kier molecular flexibility index (Phi) is 3.69. The first-order valence-corrected chi connectivity index (χ1v) is 4.73. The van der Waals surface area contributed by atoms with Gasteiger partial charge in [0, 0.05) is 12.6 Å². The summed E-state index contributed by atoms with van der Waals surface area (Å²) in [6.07, 6.45) is 0.0512. The molecule has 1 rings (SSSR count). The van der Waals surface area contributed by atoms with E-state index in [-0.39, 0.29) is 17.9 Å². The van der Waals surface area contributed by atoms with E-state index in [0.29, 0.717) is 19.6 Å². The van der Waals surface area contributed by atoms with Crippen molar-refractivity contribution in [3.05, 3.63) is 0 Å². The molecule has 4 nitrogen and oxygen atoms in total. The molecule has 13 heavy (non-hydrogen) atoms. The maximum atomic E-state index is 11.3. The van der Waals surface area contributed by atoms with Crippen molar-refractivity contribution in [2.75, 3.05) is 13.2 Å². The molecule has 0 aromatic rings. The monoisotopic (exact) mass is 187 g/mol. The highest BCUT2D eigenvalue weighted by molar-refractivity contribution is 5.73. The summed E-state index contributed by atoms with van der Waals surface area (Å²) in [7, 11) is 0. The summed E-state index contributed by atoms with van der Waals surface area (Å²) in [5, 5.41) is 12.6. The van der Waals surface area contributed by atoms with Gasteiger partial charge in [-0.2, -0.15) is 0 Å². The first-order chi connectivity index (χ1) is 6.15. The smallest absolute Gasteiger partial charge is 0.311 e. The molecule has 0 aliphatic carbocycles. The third-order valence-corrected chi connectivity index (χ3v) is 2.34. The molecule has 0 saturated carbocycles. The summed E-state index contributed by atoms with van der Waals surface area (Å²) in [4.78, 5) is 11.3. The number of rotatable bonds is 2. The van der Waals surface area contributed by atoms with Crippen molar-refractivity contribution in [3.63, 3.8) is 0 Å². The van der Waals surface area contributed by atoms with Crippen molar-refractivity contribution in [3.8, 4) is 0 Å². The predicted molar refractivity (Wildman–Crippen MR) is 48.2 cm³/mol. The molecular weight excluding hydrogens is 170 g/mol. The molecule has 1 unspecified atom stereocenters. The predicted octanol–water partition coefficient (Wildman–Crippen LogP) is -0.0916. The van der Waals surface area contributed by atoms with Gasteiger partial charge in [0.05, 0.1) is 18.6 Å². The van der Waals surface area contributed by atoms with E-state index in [0.717, 1.165) is 0 Å². The van der Waals surface area contributed by atoms with E-state index in [1.165, 1.54) is 0 Å². The van der Waals surface area contributed by atoms with Gasteiger partial charge in [-0.3, -0.25) is 4.79 Å². The average Bonchev–Trinajstić information content (AvgIpc) is 2.09. The van der Waals surface area contributed by atoms with Crippen molar-refractivity contribution in [2.24, 2.45) is 5.92 Å². The quantitative estimate of drug-likeness (QED) is 0.593. The number of β-amino-alcohol motifs (C(OH)–C–C–N with tert-alkyl or cyclic N) is 1. The fourth-order valence-electron chi connectivity index (χ4n) is 1.59. The summed E-state index contributed by atoms with van der Waals surface area (Å²) in [6.45, 7) is 4.63. The Bertz CT molecular complexity index is 184. The second-order valence-electron chi connectivity index (χ2n) is 3.47. The van der Waals surface area contributed by atoms with E-state index in [2.05, 4.69) is 5.32 Å². The number of hydrogen-bond acceptors (Lipinski definition) is 4. The molecule has 4 heteroatoms. The summed E-state index contributed by atoms with van der Waals surface area (Å²) in [5.74, 6) is -0.625. The minimum absolute atomic E-state index is 0.275. The molecule has 0 aromatic heterocycles. The molecule has 0 aromatic carbocycles. The van der Waals surface area contributed by atoms with Gasteiger partial charge in [-0.15, -0.1) is 0 Å². The lowest BCUT2D eigenvalue weighted by Crippen LogP contribution is -2.48. The molecule has 1 aliphatic rings. The van der Waals surface area contributed by atoms with E-state index < -0.39 is 6.10 Å². The van der Waals surface area contributed by atoms with E-state index >= 15 is 0 Å². The van der Waals surface area contributed by atoms with Gasteiger partial charge in [-0.05, 0) is 20.3 Å². The van der Waals surface area contributed by atoms with Gasteiger partial charge in [-0.25, -0.2) is 0 Å². The fraction of sp³-hybridized carbons (Fsp3) is 0.889. The number of carbonyl (C=O) groups is 1. The molecule has 1 aliphatic heterocycles. The van der Waals surface area contributed by atoms with E-state index in [4.69, 9.17) is 4.74 Å². The highest BCUT2D eigenvalue weighted by atomic mass is 16.5. The molecule has 1 heterocycles. The normalized spacial score (nSPS) is 34.2. The van der Waals surface area contributed by atoms with Gasteiger partial charge < -0.3 is 15.2 Å². The van der Waals surface area contributed by atoms with Crippen molar-refractivity contribution in [2.45, 2.75) is 32.4 Å². The zero-order chi connectivity index (χ0) is 9.84. The molecule has 0 bridgehead atoms. The Hall–Kier alpha value is -0.610. The zero-order valence-corrected chi connectivity index (χ0v) is 8.12. The third-order valence-electron chi connectivity index (χ3n) is 2.34. The van der Waals surface area contributed by atoms with Crippen LogP contribution >= 0.6 is 0 Å². The van der Waals surface area contributed by atoms with E-state index in [9.17, 15) is 9.90 Å². The Morgan fingerprint density at radius 3 is 3.00 bits per heavy atom. The SMILES string of the molecule is CCOC(=O)C1C[C@@H](C)NC[C@H]1O. The number of piperidine rings is 1. The average molecular weight is 187 g/mol. The molecule has 76 valence electrons. The maximum absolute atomic E-state index is 11.3. The van der Waals surface area contributed by atoms with Crippen LogP contribution in [0.4, 0.5) is 0 Å². The van der Waals surface area contributed by atoms with Crippen LogP contribution in [0.3, 0.4) is 0 Å². The van der Waals surface area contributed by atoms with Gasteiger partial charge in [0.25, 0.3) is 0 Å². The number of esters is 1. The van der Waals surface area contributed by atoms with Gasteiger partial charge in [0.15, 0.2) is 0 Å². The Balaban J connectivity index is 2.50. The third kappa shape index (κ3) is 2.67. The second-order valence-corrected chi connectivity index (χ2v) is 3.47. The van der Waals surface area contributed by atoms with Gasteiger partial charge in [-0.1, -0.05) is 0 Å². The van der Waals surface area contributed by atoms with Crippen molar-refractivity contribution in [1.29, 1.82) is 0 Å². The number of ether oxygens (including phenoxy) is 1. The van der Waals surface area contributed by atoms with E-state index in [1.807, 2.05) is 6.92 Å². The Morgan fingerprint density at radius 2 is 2.38 bits per heavy atom. The van der Waals surface area contributed by atoms with Gasteiger partial charge >= 0.3 is 5.97 Å². The first kappa shape index (κ1) is 10.5. The molecule has 3 atom stereocenters. The van der Waals surface area contributed by atoms with Gasteiger partial charge in [0.2, 0.25) is 0 Å². The lowest BCUT2D eigenvalue weighted by Gasteiger charge is -2.30. The number of aliphatic hydroxyl groups is 1. The number of nitrogens with one attached hydrogen (secondary N) is 1. The number of carbonyl (C=O) groups excluding carboxylic acids is 1. The molecule has 0 amide bonds. The van der Waals surface area contributed by atoms with Crippen molar-refractivity contribution >= 4 is 5.97 Å². The molecule has 1 fully saturated rings. The maximum Gasteiger partial charge on any atom is 0.311 e. The van der Waals surface area contributed by atoms with Crippen LogP contribution in [-0.4, -0.2) is 36.4 Å². The summed E-state index contributed by atoms with van der Waals surface area (Å²) in [5.41, 5.74) is 0. The van der Waals surface area contributed by atoms with Crippen molar-refractivity contribution in [1.82, 2.24) is 5.32 Å². The van der Waals surface area contributed by atoms with Gasteiger partial charge in [0.1, 0.15) is 0 Å². The molecule has 0 spiro atoms. The van der Waals surface area contributed by atoms with Crippen LogP contribution in [0.15, 0.2) is 0 Å². The highest BCUT2D eigenvalue weighted by Gasteiger charge is 2.33. The zero-order valence-electron chi connectivity index (χ0n) is 8.12. The standard InChI is InChI=1S/C9H17NO3/c1-3-13-9(12)7-4-6(2)10-5-8(7)11/h6-8,10-11H,3-5H2,1-2H3/t6-,7?,8-/m1/s1. The lowest BCUT2D eigenvalue weighted by molar-refractivity contribution is -0.153. The summed E-state index contributed by atoms with van der Waals surface area (Å²) >= 11 is 0. The first-order valence-electron chi connectivity index (χ1n) is 4.73. The van der Waals surface area contributed by atoms with Crippen LogP contribution in [-0.2, 0) is 9.53 Å². The lowest BCUT2D eigenvalue weighted by atomic mass is 9.91. The molecule has 2 N–H and O–H groups in total. The molecule has 0 radical (unpaired) electrons. The Labute approximate surface area is 78.3 Å². The summed E-state index contributed by atoms with van der Waals surface area (Å²) in [6, 6.07) is 0.276.